The Morgan fingerprint density at radius 3 is 1.52 bits per heavy atom. The fourth-order valence-corrected chi connectivity index (χ4v) is 2.75. The molecule has 0 aliphatic carbocycles. The zero-order valence-electron chi connectivity index (χ0n) is 15.7. The van der Waals surface area contributed by atoms with Crippen molar-refractivity contribution < 1.29 is 36.3 Å². The van der Waals surface area contributed by atoms with Gasteiger partial charge in [-0.15, -0.1) is 0 Å². The third-order valence-corrected chi connectivity index (χ3v) is 4.23. The molecule has 3 rings (SSSR count). The van der Waals surface area contributed by atoms with Gasteiger partial charge in [-0.05, 0) is 18.2 Å². The zero-order valence-corrected chi connectivity index (χ0v) is 15.7. The molecule has 0 fully saturated rings. The van der Waals surface area contributed by atoms with Crippen LogP contribution in [0.4, 0.5) is 26.3 Å². The van der Waals surface area contributed by atoms with Gasteiger partial charge in [0.05, 0.1) is 11.1 Å². The van der Waals surface area contributed by atoms with Gasteiger partial charge in [0, 0.05) is 16.7 Å². The molecular weight excluding hydrogens is 424 g/mol. The lowest BCUT2D eigenvalue weighted by molar-refractivity contribution is -0.144. The molecule has 0 amide bonds. The average Bonchev–Trinajstić information content (AvgIpc) is 2.74. The number of oxime groups is 1. The van der Waals surface area contributed by atoms with Crippen LogP contribution in [0.2, 0.25) is 0 Å². The fourth-order valence-electron chi connectivity index (χ4n) is 2.75. The first-order chi connectivity index (χ1) is 14.6. The van der Waals surface area contributed by atoms with Gasteiger partial charge < -0.3 is 9.94 Å². The van der Waals surface area contributed by atoms with E-state index in [2.05, 4.69) is 5.16 Å². The summed E-state index contributed by atoms with van der Waals surface area (Å²) in [6, 6.07) is 17.9. The number of aliphatic hydroxyl groups excluding tert-OH is 1. The maximum absolute atomic E-state index is 13.0. The number of halogens is 6. The van der Waals surface area contributed by atoms with Crippen molar-refractivity contribution in [3.63, 3.8) is 0 Å². The first kappa shape index (κ1) is 22.4. The van der Waals surface area contributed by atoms with Crippen LogP contribution >= 0.6 is 0 Å². The van der Waals surface area contributed by atoms with Gasteiger partial charge in [0.2, 0.25) is 0 Å². The Morgan fingerprint density at radius 1 is 0.710 bits per heavy atom. The molecule has 0 aliphatic heterocycles. The Balaban J connectivity index is 1.99. The Labute approximate surface area is 173 Å². The fraction of sp³-hybridized carbons (Fsp3) is 0.136. The molecule has 31 heavy (non-hydrogen) atoms. The normalized spacial score (nSPS) is 12.9. The minimum atomic E-state index is -5.04. The van der Waals surface area contributed by atoms with Crippen LogP contribution in [-0.2, 0) is 17.2 Å². The first-order valence-electron chi connectivity index (χ1n) is 8.88. The summed E-state index contributed by atoms with van der Waals surface area (Å²) in [7, 11) is 0. The topological polar surface area (TPSA) is 41.8 Å². The summed E-state index contributed by atoms with van der Waals surface area (Å²) >= 11 is 0. The van der Waals surface area contributed by atoms with Gasteiger partial charge >= 0.3 is 12.4 Å². The van der Waals surface area contributed by atoms with E-state index in [-0.39, 0.29) is 11.8 Å². The van der Waals surface area contributed by atoms with E-state index in [4.69, 9.17) is 4.84 Å². The number of rotatable bonds is 5. The molecule has 0 aromatic heterocycles. The zero-order chi connectivity index (χ0) is 22.6. The lowest BCUT2D eigenvalue weighted by atomic mass is 10.0. The van der Waals surface area contributed by atoms with Crippen molar-refractivity contribution in [2.75, 3.05) is 0 Å². The molecule has 1 unspecified atom stereocenters. The van der Waals surface area contributed by atoms with Crippen molar-refractivity contribution in [3.8, 4) is 0 Å². The molecule has 0 aliphatic rings. The van der Waals surface area contributed by atoms with E-state index >= 15 is 0 Å². The van der Waals surface area contributed by atoms with Gasteiger partial charge in [-0.1, -0.05) is 65.8 Å². The number of benzene rings is 3. The molecule has 0 saturated carbocycles. The van der Waals surface area contributed by atoms with Crippen LogP contribution in [-0.4, -0.2) is 10.8 Å². The van der Waals surface area contributed by atoms with Crippen LogP contribution in [0.3, 0.4) is 0 Å². The maximum Gasteiger partial charge on any atom is 0.416 e. The third kappa shape index (κ3) is 5.64. The Kier molecular flexibility index (Phi) is 6.35. The molecule has 3 aromatic carbocycles. The Bertz CT molecular complexity index is 973. The first-order valence-corrected chi connectivity index (χ1v) is 8.88. The van der Waals surface area contributed by atoms with Crippen LogP contribution in [0.5, 0.6) is 0 Å². The van der Waals surface area contributed by atoms with Gasteiger partial charge in [0.1, 0.15) is 5.71 Å². The molecular formula is C22H15F6NO2. The van der Waals surface area contributed by atoms with Gasteiger partial charge in [0.15, 0.2) is 0 Å². The van der Waals surface area contributed by atoms with Crippen molar-refractivity contribution in [3.05, 3.63) is 107 Å². The minimum Gasteiger partial charge on any atom is -0.358 e. The van der Waals surface area contributed by atoms with Crippen molar-refractivity contribution in [1.82, 2.24) is 0 Å². The van der Waals surface area contributed by atoms with Gasteiger partial charge in [-0.2, -0.15) is 26.3 Å². The highest BCUT2D eigenvalue weighted by Gasteiger charge is 2.37. The largest absolute Gasteiger partial charge is 0.416 e. The van der Waals surface area contributed by atoms with Gasteiger partial charge in [0.25, 0.3) is 6.29 Å². The predicted octanol–water partition coefficient (Wildman–Crippen LogP) is 6.18. The second-order valence-electron chi connectivity index (χ2n) is 6.47. The smallest absolute Gasteiger partial charge is 0.358 e. The molecule has 1 N–H and O–H groups in total. The second-order valence-corrected chi connectivity index (χ2v) is 6.47. The van der Waals surface area contributed by atoms with Crippen LogP contribution in [0, 0.1) is 0 Å². The molecule has 1 atom stereocenters. The molecule has 0 radical (unpaired) electrons. The monoisotopic (exact) mass is 439 g/mol. The van der Waals surface area contributed by atoms with E-state index in [1.807, 2.05) is 0 Å². The SMILES string of the molecule is OC(ON=C(c1ccccc1)c1ccccc1)c1cc(C(F)(F)F)cc(C(F)(F)F)c1. The number of aliphatic hydroxyl groups is 1. The van der Waals surface area contributed by atoms with E-state index in [0.29, 0.717) is 23.3 Å². The van der Waals surface area contributed by atoms with Crippen molar-refractivity contribution in [2.24, 2.45) is 5.16 Å². The van der Waals surface area contributed by atoms with E-state index in [0.717, 1.165) is 0 Å². The van der Waals surface area contributed by atoms with Crippen LogP contribution < -0.4 is 0 Å². The van der Waals surface area contributed by atoms with E-state index in [1.165, 1.54) is 0 Å². The molecule has 3 nitrogen and oxygen atoms in total. The molecule has 0 saturated heterocycles. The highest BCUT2D eigenvalue weighted by Crippen LogP contribution is 2.37. The highest BCUT2D eigenvalue weighted by molar-refractivity contribution is 6.12. The van der Waals surface area contributed by atoms with Crippen LogP contribution in [0.1, 0.15) is 34.1 Å². The summed E-state index contributed by atoms with van der Waals surface area (Å²) in [4.78, 5) is 4.94. The summed E-state index contributed by atoms with van der Waals surface area (Å²) in [6.45, 7) is 0. The maximum atomic E-state index is 13.0. The van der Waals surface area contributed by atoms with E-state index in [9.17, 15) is 31.4 Å². The highest BCUT2D eigenvalue weighted by atomic mass is 19.4. The minimum absolute atomic E-state index is 0.0289. The summed E-state index contributed by atoms with van der Waals surface area (Å²) in [5.41, 5.74) is -2.47. The Morgan fingerprint density at radius 2 is 1.13 bits per heavy atom. The second kappa shape index (κ2) is 8.81. The predicted molar refractivity (Wildman–Crippen MR) is 101 cm³/mol. The quantitative estimate of drug-likeness (QED) is 0.223. The summed E-state index contributed by atoms with van der Waals surface area (Å²) in [5, 5.41) is 14.0. The average molecular weight is 439 g/mol. The molecule has 0 bridgehead atoms. The number of alkyl halides is 6. The standard InChI is InChI=1S/C22H15F6NO2/c23-21(24,25)17-11-16(12-18(13-17)22(26,27)28)20(30)31-29-19(14-7-3-1-4-8-14)15-9-5-2-6-10-15/h1-13,20,30H. The van der Waals surface area contributed by atoms with E-state index in [1.54, 1.807) is 60.7 Å². The number of hydrogen-bond acceptors (Lipinski definition) is 3. The molecule has 162 valence electrons. The van der Waals surface area contributed by atoms with E-state index < -0.39 is 35.3 Å². The van der Waals surface area contributed by atoms with Crippen LogP contribution in [0.15, 0.2) is 84.0 Å². The third-order valence-electron chi connectivity index (χ3n) is 4.23. The number of nitrogens with zero attached hydrogens (tertiary/aromatic N) is 1. The lowest BCUT2D eigenvalue weighted by Gasteiger charge is -2.17. The Hall–Kier alpha value is -3.33. The van der Waals surface area contributed by atoms with Crippen molar-refractivity contribution in [1.29, 1.82) is 0 Å². The lowest BCUT2D eigenvalue weighted by Crippen LogP contribution is -2.13. The summed E-state index contributed by atoms with van der Waals surface area (Å²) < 4.78 is 78.2. The van der Waals surface area contributed by atoms with Gasteiger partial charge in [-0.3, -0.25) is 0 Å². The summed E-state index contributed by atoms with van der Waals surface area (Å²) in [6.07, 6.45) is -12.2. The molecule has 0 heterocycles. The van der Waals surface area contributed by atoms with Crippen molar-refractivity contribution in [2.45, 2.75) is 18.6 Å². The molecule has 9 heteroatoms. The van der Waals surface area contributed by atoms with Crippen LogP contribution in [0.25, 0.3) is 0 Å². The molecule has 0 spiro atoms. The molecule has 3 aromatic rings. The summed E-state index contributed by atoms with van der Waals surface area (Å²) in [5.74, 6) is 0. The van der Waals surface area contributed by atoms with Gasteiger partial charge in [-0.25, -0.2) is 0 Å². The number of hydrogen-bond donors (Lipinski definition) is 1. The van der Waals surface area contributed by atoms with Crippen molar-refractivity contribution >= 4 is 5.71 Å².